The van der Waals surface area contributed by atoms with Gasteiger partial charge in [-0.3, -0.25) is 4.55 Å². The van der Waals surface area contributed by atoms with Gasteiger partial charge in [0, 0.05) is 6.61 Å². The number of unbranched alkanes of at least 4 members (excludes halogenated alkanes) is 9. The molecule has 0 bridgehead atoms. The van der Waals surface area contributed by atoms with E-state index in [1.54, 1.807) is 0 Å². The van der Waals surface area contributed by atoms with Gasteiger partial charge in [-0.05, 0) is 6.42 Å². The molecule has 5 nitrogen and oxygen atoms in total. The third kappa shape index (κ3) is 18.9. The third-order valence-corrected chi connectivity index (χ3v) is 4.24. The average molecular weight is 348 g/mol. The van der Waals surface area contributed by atoms with Gasteiger partial charge in [0.2, 0.25) is 0 Å². The zero-order chi connectivity index (χ0) is 16.0. The van der Waals surface area contributed by atoms with Crippen molar-refractivity contribution in [2.24, 2.45) is 0 Å². The summed E-state index contributed by atoms with van der Waals surface area (Å²) in [4.78, 5) is 0. The Morgan fingerprint density at radius 2 is 1.36 bits per heavy atom. The van der Waals surface area contributed by atoms with Crippen molar-refractivity contribution >= 4 is 39.7 Å². The van der Waals surface area contributed by atoms with Crippen LogP contribution in [0.1, 0.15) is 71.1 Å². The van der Waals surface area contributed by atoms with Crippen LogP contribution in [0, 0.1) is 0 Å². The standard InChI is InChI=1S/C15H32O5S.Na.H/c1-2-3-4-5-6-7-8-9-10-11-12-20-15(13-16)14-21(17,18)19;;/h15-16H,2-14H2,1H3,(H,17,18,19);;. The molecule has 0 saturated heterocycles. The Morgan fingerprint density at radius 3 is 1.77 bits per heavy atom. The molecule has 0 spiro atoms. The van der Waals surface area contributed by atoms with Crippen LogP contribution in [0.5, 0.6) is 0 Å². The number of ether oxygens (including phenoxy) is 1. The van der Waals surface area contributed by atoms with Crippen LogP contribution in [0.3, 0.4) is 0 Å². The Morgan fingerprint density at radius 1 is 0.909 bits per heavy atom. The predicted molar refractivity (Wildman–Crippen MR) is 92.2 cm³/mol. The van der Waals surface area contributed by atoms with E-state index < -0.39 is 28.6 Å². The van der Waals surface area contributed by atoms with Crippen LogP contribution in [0.25, 0.3) is 0 Å². The summed E-state index contributed by atoms with van der Waals surface area (Å²) in [7, 11) is -4.08. The third-order valence-electron chi connectivity index (χ3n) is 3.45. The molecule has 0 aromatic heterocycles. The van der Waals surface area contributed by atoms with Crippen molar-refractivity contribution in [3.8, 4) is 0 Å². The monoisotopic (exact) mass is 348 g/mol. The first-order valence-electron chi connectivity index (χ1n) is 8.17. The van der Waals surface area contributed by atoms with E-state index in [-0.39, 0.29) is 29.6 Å². The second-order valence-electron chi connectivity index (χ2n) is 5.61. The number of hydrogen-bond donors (Lipinski definition) is 2. The molecule has 0 aliphatic rings. The van der Waals surface area contributed by atoms with Crippen LogP contribution in [-0.4, -0.2) is 72.7 Å². The van der Waals surface area contributed by atoms with Crippen LogP contribution in [0.2, 0.25) is 0 Å². The molecule has 2 N–H and O–H groups in total. The summed E-state index contributed by atoms with van der Waals surface area (Å²) >= 11 is 0. The van der Waals surface area contributed by atoms with Crippen LogP contribution in [-0.2, 0) is 14.9 Å². The first-order valence-corrected chi connectivity index (χ1v) is 9.78. The van der Waals surface area contributed by atoms with E-state index in [9.17, 15) is 8.42 Å². The number of rotatable bonds is 15. The zero-order valence-corrected chi connectivity index (χ0v) is 14.1. The minimum atomic E-state index is -4.08. The molecule has 1 unspecified atom stereocenters. The van der Waals surface area contributed by atoms with Gasteiger partial charge >= 0.3 is 29.6 Å². The molecule has 7 heteroatoms. The summed E-state index contributed by atoms with van der Waals surface area (Å²) in [5, 5.41) is 8.95. The molecule has 1 atom stereocenters. The van der Waals surface area contributed by atoms with E-state index in [0.29, 0.717) is 6.61 Å². The molecule has 0 aromatic carbocycles. The predicted octanol–water partition coefficient (Wildman–Crippen LogP) is 2.52. The van der Waals surface area contributed by atoms with Gasteiger partial charge in [-0.2, -0.15) is 8.42 Å². The fraction of sp³-hybridized carbons (Fsp3) is 1.00. The summed E-state index contributed by atoms with van der Waals surface area (Å²) in [5.74, 6) is -0.540. The van der Waals surface area contributed by atoms with Crippen molar-refractivity contribution in [3.05, 3.63) is 0 Å². The molecule has 0 amide bonds. The van der Waals surface area contributed by atoms with Gasteiger partial charge in [-0.1, -0.05) is 64.7 Å². The van der Waals surface area contributed by atoms with Gasteiger partial charge in [0.15, 0.2) is 0 Å². The van der Waals surface area contributed by atoms with E-state index >= 15 is 0 Å². The van der Waals surface area contributed by atoms with E-state index in [0.717, 1.165) is 12.8 Å². The summed E-state index contributed by atoms with van der Waals surface area (Å²) < 4.78 is 35.3. The molecule has 0 aliphatic carbocycles. The SMILES string of the molecule is CCCCCCCCCCCCOC(CO)CS(=O)(=O)O.[NaH]. The summed E-state index contributed by atoms with van der Waals surface area (Å²) in [5.41, 5.74) is 0. The van der Waals surface area contributed by atoms with Gasteiger partial charge in [-0.15, -0.1) is 0 Å². The van der Waals surface area contributed by atoms with Gasteiger partial charge in [-0.25, -0.2) is 0 Å². The first-order chi connectivity index (χ1) is 9.99. The quantitative estimate of drug-likeness (QED) is 0.270. The zero-order valence-electron chi connectivity index (χ0n) is 13.3. The maximum atomic E-state index is 10.7. The van der Waals surface area contributed by atoms with Crippen molar-refractivity contribution in [3.63, 3.8) is 0 Å². The Labute approximate surface area is 158 Å². The Bertz CT molecular complexity index is 322. The van der Waals surface area contributed by atoms with Gasteiger partial charge in [0.25, 0.3) is 10.1 Å². The molecule has 0 fully saturated rings. The Hall–Kier alpha value is 0.830. The van der Waals surface area contributed by atoms with Crippen molar-refractivity contribution < 1.29 is 22.8 Å². The number of hydrogen-bond acceptors (Lipinski definition) is 4. The molecule has 0 radical (unpaired) electrons. The van der Waals surface area contributed by atoms with Gasteiger partial charge in [0.1, 0.15) is 5.75 Å². The average Bonchev–Trinajstić information content (AvgIpc) is 2.42. The molecule has 130 valence electrons. The van der Waals surface area contributed by atoms with Crippen molar-refractivity contribution in [1.82, 2.24) is 0 Å². The molecule has 0 saturated carbocycles. The van der Waals surface area contributed by atoms with E-state index in [1.807, 2.05) is 0 Å². The Balaban J connectivity index is 0. The summed E-state index contributed by atoms with van der Waals surface area (Å²) in [6, 6.07) is 0. The molecule has 0 rings (SSSR count). The molecular formula is C15H33NaO5S. The van der Waals surface area contributed by atoms with Crippen LogP contribution in [0.15, 0.2) is 0 Å². The van der Waals surface area contributed by atoms with Crippen molar-refractivity contribution in [2.45, 2.75) is 77.2 Å². The van der Waals surface area contributed by atoms with Gasteiger partial charge < -0.3 is 9.84 Å². The van der Waals surface area contributed by atoms with E-state index in [2.05, 4.69) is 6.92 Å². The Kier molecular flexibility index (Phi) is 19.0. The first kappa shape index (κ1) is 25.1. The van der Waals surface area contributed by atoms with Crippen LogP contribution >= 0.6 is 0 Å². The second-order valence-corrected chi connectivity index (χ2v) is 7.10. The summed E-state index contributed by atoms with van der Waals surface area (Å²) in [6.07, 6.45) is 11.4. The minimum absolute atomic E-state index is 0. The number of aliphatic hydroxyl groups is 1. The van der Waals surface area contributed by atoms with Crippen LogP contribution < -0.4 is 0 Å². The molecule has 22 heavy (non-hydrogen) atoms. The fourth-order valence-corrected chi connectivity index (χ4v) is 2.90. The second kappa shape index (κ2) is 16.7. The van der Waals surface area contributed by atoms with E-state index in [1.165, 1.54) is 51.4 Å². The van der Waals surface area contributed by atoms with Crippen LogP contribution in [0.4, 0.5) is 0 Å². The normalized spacial score (nSPS) is 12.9. The molecule has 0 heterocycles. The maximum absolute atomic E-state index is 10.7. The van der Waals surface area contributed by atoms with Crippen molar-refractivity contribution in [1.29, 1.82) is 0 Å². The number of aliphatic hydroxyl groups excluding tert-OH is 1. The topological polar surface area (TPSA) is 83.8 Å². The fourth-order valence-electron chi connectivity index (χ4n) is 2.23. The van der Waals surface area contributed by atoms with Gasteiger partial charge in [0.05, 0.1) is 12.7 Å². The molecule has 0 aromatic rings. The molecular weight excluding hydrogens is 315 g/mol. The van der Waals surface area contributed by atoms with Crippen molar-refractivity contribution in [2.75, 3.05) is 19.0 Å². The molecule has 0 aliphatic heterocycles. The summed E-state index contributed by atoms with van der Waals surface area (Å²) in [6.45, 7) is 2.26. The van der Waals surface area contributed by atoms with E-state index in [4.69, 9.17) is 14.4 Å².